The molecule has 4 atom stereocenters. The molecule has 1 aliphatic heterocycles. The number of nitrogens with two attached hydrogens (primary N) is 1. The Labute approximate surface area is 102 Å². The van der Waals surface area contributed by atoms with Crippen LogP contribution in [-0.4, -0.2) is 44.1 Å². The van der Waals surface area contributed by atoms with Gasteiger partial charge < -0.3 is 20.7 Å². The van der Waals surface area contributed by atoms with E-state index in [0.717, 1.165) is 10.6 Å². The number of rotatable bonds is 2. The van der Waals surface area contributed by atoms with Crippen molar-refractivity contribution in [3.63, 3.8) is 0 Å². The highest BCUT2D eigenvalue weighted by molar-refractivity contribution is 5.03. The summed E-state index contributed by atoms with van der Waals surface area (Å²) in [4.78, 5) is 24.7. The van der Waals surface area contributed by atoms with Crippen LogP contribution >= 0.6 is 0 Å². The van der Waals surface area contributed by atoms with Gasteiger partial charge in [0.15, 0.2) is 6.23 Å². The van der Waals surface area contributed by atoms with Gasteiger partial charge in [-0.2, -0.15) is 0 Å². The average Bonchev–Trinajstić information content (AvgIpc) is 2.52. The van der Waals surface area contributed by atoms with Crippen LogP contribution in [0.5, 0.6) is 0 Å². The SMILES string of the molecule is C[C@]1(N)[C@H](O)[C@@H](CO)O[C@H]1n1ccc(=O)[nH]c1=O. The Morgan fingerprint density at radius 1 is 1.61 bits per heavy atom. The van der Waals surface area contributed by atoms with Crippen LogP contribution in [0.25, 0.3) is 0 Å². The molecule has 0 unspecified atom stereocenters. The summed E-state index contributed by atoms with van der Waals surface area (Å²) in [6, 6.07) is 1.15. The number of aliphatic hydroxyl groups is 2. The molecular formula is C10H15N3O5. The van der Waals surface area contributed by atoms with Gasteiger partial charge in [-0.15, -0.1) is 0 Å². The molecular weight excluding hydrogens is 242 g/mol. The maximum Gasteiger partial charge on any atom is 0.330 e. The van der Waals surface area contributed by atoms with Gasteiger partial charge in [-0.1, -0.05) is 0 Å². The van der Waals surface area contributed by atoms with Crippen LogP contribution in [-0.2, 0) is 4.74 Å². The molecule has 2 rings (SSSR count). The topological polar surface area (TPSA) is 131 Å². The lowest BCUT2D eigenvalue weighted by Crippen LogP contribution is -2.53. The minimum atomic E-state index is -1.25. The molecule has 0 radical (unpaired) electrons. The van der Waals surface area contributed by atoms with Gasteiger partial charge in [-0.05, 0) is 6.92 Å². The zero-order chi connectivity index (χ0) is 13.5. The molecule has 100 valence electrons. The largest absolute Gasteiger partial charge is 0.394 e. The second-order valence-corrected chi connectivity index (χ2v) is 4.54. The van der Waals surface area contributed by atoms with E-state index in [1.54, 1.807) is 0 Å². The van der Waals surface area contributed by atoms with Crippen LogP contribution in [0.4, 0.5) is 0 Å². The van der Waals surface area contributed by atoms with E-state index in [1.807, 2.05) is 0 Å². The first kappa shape index (κ1) is 13.0. The van der Waals surface area contributed by atoms with Gasteiger partial charge in [0.2, 0.25) is 0 Å². The van der Waals surface area contributed by atoms with Gasteiger partial charge in [-0.3, -0.25) is 14.3 Å². The van der Waals surface area contributed by atoms with Gasteiger partial charge >= 0.3 is 5.69 Å². The van der Waals surface area contributed by atoms with E-state index >= 15 is 0 Å². The molecule has 1 aromatic rings. The van der Waals surface area contributed by atoms with Crippen LogP contribution in [0.1, 0.15) is 13.2 Å². The fourth-order valence-corrected chi connectivity index (χ4v) is 2.05. The van der Waals surface area contributed by atoms with Gasteiger partial charge in [-0.25, -0.2) is 4.79 Å². The third kappa shape index (κ3) is 1.89. The summed E-state index contributed by atoms with van der Waals surface area (Å²) in [5.74, 6) is 0. The summed E-state index contributed by atoms with van der Waals surface area (Å²) in [5, 5.41) is 19.0. The van der Waals surface area contributed by atoms with Crippen molar-refractivity contribution < 1.29 is 14.9 Å². The van der Waals surface area contributed by atoms with E-state index in [1.165, 1.54) is 13.1 Å². The zero-order valence-corrected chi connectivity index (χ0v) is 9.74. The first-order valence-corrected chi connectivity index (χ1v) is 5.42. The van der Waals surface area contributed by atoms with Gasteiger partial charge in [0.05, 0.1) is 12.1 Å². The lowest BCUT2D eigenvalue weighted by Gasteiger charge is -2.28. The predicted molar refractivity (Wildman–Crippen MR) is 60.9 cm³/mol. The normalized spacial score (nSPS) is 35.9. The molecule has 1 saturated heterocycles. The second kappa shape index (κ2) is 4.32. The Morgan fingerprint density at radius 2 is 2.28 bits per heavy atom. The van der Waals surface area contributed by atoms with Crippen LogP contribution in [0.15, 0.2) is 21.9 Å². The molecule has 0 aliphatic carbocycles. The standard InChI is InChI=1S/C10H15N3O5/c1-10(11)7(16)5(4-14)18-8(10)13-3-2-6(15)12-9(13)17/h2-3,5,7-8,14,16H,4,11H2,1H3,(H,12,15,17)/t5-,7-,8-,10+/m1/s1. The van der Waals surface area contributed by atoms with Crippen molar-refractivity contribution in [3.05, 3.63) is 33.1 Å². The Kier molecular flexibility index (Phi) is 3.11. The van der Waals surface area contributed by atoms with E-state index in [0.29, 0.717) is 0 Å². The zero-order valence-electron chi connectivity index (χ0n) is 9.74. The average molecular weight is 257 g/mol. The number of nitrogens with one attached hydrogen (secondary N) is 1. The molecule has 0 saturated carbocycles. The molecule has 1 aromatic heterocycles. The summed E-state index contributed by atoms with van der Waals surface area (Å²) in [6.45, 7) is 1.10. The highest BCUT2D eigenvalue weighted by Crippen LogP contribution is 2.35. The van der Waals surface area contributed by atoms with Crippen LogP contribution < -0.4 is 17.0 Å². The highest BCUT2D eigenvalue weighted by atomic mass is 16.5. The number of aromatic nitrogens is 2. The van der Waals surface area contributed by atoms with E-state index in [2.05, 4.69) is 4.98 Å². The van der Waals surface area contributed by atoms with Crippen molar-refractivity contribution in [1.82, 2.24) is 9.55 Å². The Hall–Kier alpha value is -1.48. The van der Waals surface area contributed by atoms with Crippen molar-refractivity contribution in [1.29, 1.82) is 0 Å². The number of H-pyrrole nitrogens is 1. The fraction of sp³-hybridized carbons (Fsp3) is 0.600. The van der Waals surface area contributed by atoms with Crippen molar-refractivity contribution >= 4 is 0 Å². The number of aromatic amines is 1. The monoisotopic (exact) mass is 257 g/mol. The molecule has 1 fully saturated rings. The number of hydrogen-bond acceptors (Lipinski definition) is 6. The first-order valence-electron chi connectivity index (χ1n) is 5.42. The summed E-state index contributed by atoms with van der Waals surface area (Å²) in [6.07, 6.45) is -1.71. The van der Waals surface area contributed by atoms with Crippen molar-refractivity contribution in [2.75, 3.05) is 6.61 Å². The lowest BCUT2D eigenvalue weighted by atomic mass is 9.93. The minimum Gasteiger partial charge on any atom is -0.394 e. The third-order valence-corrected chi connectivity index (χ3v) is 3.11. The molecule has 2 heterocycles. The van der Waals surface area contributed by atoms with Crippen LogP contribution in [0.3, 0.4) is 0 Å². The van der Waals surface area contributed by atoms with Crippen molar-refractivity contribution in [2.24, 2.45) is 5.73 Å². The molecule has 0 bridgehead atoms. The quantitative estimate of drug-likeness (QED) is 0.463. The van der Waals surface area contributed by atoms with Gasteiger partial charge in [0.25, 0.3) is 5.56 Å². The summed E-state index contributed by atoms with van der Waals surface area (Å²) in [7, 11) is 0. The molecule has 8 heteroatoms. The molecule has 0 spiro atoms. The molecule has 5 N–H and O–H groups in total. The minimum absolute atomic E-state index is 0.414. The number of ether oxygens (including phenoxy) is 1. The fourth-order valence-electron chi connectivity index (χ4n) is 2.05. The first-order chi connectivity index (χ1) is 8.37. The number of aliphatic hydroxyl groups excluding tert-OH is 2. The molecule has 18 heavy (non-hydrogen) atoms. The maximum atomic E-state index is 11.6. The smallest absolute Gasteiger partial charge is 0.330 e. The van der Waals surface area contributed by atoms with E-state index in [-0.39, 0.29) is 0 Å². The van der Waals surface area contributed by atoms with Gasteiger partial charge in [0.1, 0.15) is 12.2 Å². The lowest BCUT2D eigenvalue weighted by molar-refractivity contribution is -0.0487. The number of nitrogens with zero attached hydrogens (tertiary/aromatic N) is 1. The molecule has 1 aliphatic rings. The van der Waals surface area contributed by atoms with Crippen LogP contribution in [0, 0.1) is 0 Å². The van der Waals surface area contributed by atoms with Gasteiger partial charge in [0, 0.05) is 12.3 Å². The van der Waals surface area contributed by atoms with Crippen molar-refractivity contribution in [2.45, 2.75) is 30.9 Å². The van der Waals surface area contributed by atoms with E-state index < -0.39 is 41.8 Å². The Bertz CT molecular complexity index is 549. The maximum absolute atomic E-state index is 11.6. The van der Waals surface area contributed by atoms with Crippen molar-refractivity contribution in [3.8, 4) is 0 Å². The van der Waals surface area contributed by atoms with E-state index in [4.69, 9.17) is 15.6 Å². The van der Waals surface area contributed by atoms with E-state index in [9.17, 15) is 14.7 Å². The molecule has 0 amide bonds. The summed E-state index contributed by atoms with van der Waals surface area (Å²) in [5.41, 5.74) is 3.46. The Balaban J connectivity index is 2.45. The molecule has 8 nitrogen and oxygen atoms in total. The second-order valence-electron chi connectivity index (χ2n) is 4.54. The van der Waals surface area contributed by atoms with Crippen LogP contribution in [0.2, 0.25) is 0 Å². The number of hydrogen-bond donors (Lipinski definition) is 4. The third-order valence-electron chi connectivity index (χ3n) is 3.11. The summed E-state index contributed by atoms with van der Waals surface area (Å²) >= 11 is 0. The Morgan fingerprint density at radius 3 is 2.78 bits per heavy atom. The summed E-state index contributed by atoms with van der Waals surface area (Å²) < 4.78 is 6.44. The molecule has 0 aromatic carbocycles. The highest BCUT2D eigenvalue weighted by Gasteiger charge is 2.51. The predicted octanol–water partition coefficient (Wildman–Crippen LogP) is -2.50.